The van der Waals surface area contributed by atoms with Gasteiger partial charge in [0.15, 0.2) is 0 Å². The lowest BCUT2D eigenvalue weighted by Gasteiger charge is -2.02. The van der Waals surface area contributed by atoms with E-state index in [0.717, 1.165) is 25.7 Å². The van der Waals surface area contributed by atoms with Gasteiger partial charge in [-0.2, -0.15) is 0 Å². The summed E-state index contributed by atoms with van der Waals surface area (Å²) in [4.78, 5) is 22.3. The molecule has 0 aromatic carbocycles. The maximum Gasteiger partial charge on any atom is 0.290 e. The summed E-state index contributed by atoms with van der Waals surface area (Å²) in [6.07, 6.45) is 55.6. The standard InChI is InChI=1S/2C17H36.C9H18O.C4H11N.C2H5NO.CH5N.CH2O2/c2*1-3-5-7-9-11-13-15-17-16-14-12-10-8-6-4-2;1-2-3-4-5-6-7-8-9-10;1-2-3-4-5;1-3-4-2;1-2;2-1-3/h2*3-17H2,1-2H3;9H,2-8H2,1H3;2-5H2,1H3;1H2,2H3;2H2,1H3;1H,(H,2,3). The number of hydrogen-bond acceptors (Lipinski definition) is 6. The minimum atomic E-state index is -0.250. The van der Waals surface area contributed by atoms with Gasteiger partial charge in [0.25, 0.3) is 6.47 Å². The minimum Gasteiger partial charge on any atom is -0.483 e. The van der Waals surface area contributed by atoms with Crippen molar-refractivity contribution in [2.45, 2.75) is 292 Å². The molecular weight excluding hydrogens is 719 g/mol. The van der Waals surface area contributed by atoms with Gasteiger partial charge in [0.1, 0.15) is 13.4 Å². The summed E-state index contributed by atoms with van der Waals surface area (Å²) < 4.78 is 0. The molecule has 0 atom stereocenters. The maximum absolute atomic E-state index is 9.89. The smallest absolute Gasteiger partial charge is 0.290 e. The van der Waals surface area contributed by atoms with Crippen LogP contribution in [0.25, 0.3) is 0 Å². The molecule has 0 aromatic rings. The predicted octanol–water partition coefficient (Wildman–Crippen LogP) is 17.0. The predicted molar refractivity (Wildman–Crippen MR) is 265 cm³/mol. The van der Waals surface area contributed by atoms with Crippen LogP contribution < -0.4 is 11.5 Å². The van der Waals surface area contributed by atoms with Gasteiger partial charge in [-0.15, -0.1) is 5.16 Å². The summed E-state index contributed by atoms with van der Waals surface area (Å²) in [7, 11) is 2.95. The molecule has 0 spiro atoms. The Morgan fingerprint density at radius 1 is 0.414 bits per heavy atom. The second-order valence-electron chi connectivity index (χ2n) is 15.5. The summed E-state index contributed by atoms with van der Waals surface area (Å²) in [6.45, 7) is 17.1. The highest BCUT2D eigenvalue weighted by molar-refractivity contribution is 5.48. The molecule has 0 aliphatic carbocycles. The molecule has 0 saturated heterocycles. The average molecular weight is 832 g/mol. The van der Waals surface area contributed by atoms with Crippen LogP contribution in [-0.4, -0.2) is 45.3 Å². The molecule has 7 nitrogen and oxygen atoms in total. The Kier molecular flexibility index (Phi) is 112. The number of carbonyl (C=O) groups excluding carboxylic acids is 1. The van der Waals surface area contributed by atoms with E-state index in [1.165, 1.54) is 252 Å². The van der Waals surface area contributed by atoms with Crippen molar-refractivity contribution >= 4 is 19.5 Å². The number of hydrogen-bond donors (Lipinski definition) is 3. The van der Waals surface area contributed by atoms with Crippen LogP contribution >= 0.6 is 0 Å². The first-order valence-corrected chi connectivity index (χ1v) is 25.3. The van der Waals surface area contributed by atoms with Gasteiger partial charge in [-0.3, -0.25) is 4.79 Å². The second-order valence-corrected chi connectivity index (χ2v) is 15.5. The molecule has 0 bridgehead atoms. The van der Waals surface area contributed by atoms with Gasteiger partial charge in [0.2, 0.25) is 0 Å². The van der Waals surface area contributed by atoms with Crippen molar-refractivity contribution in [3.8, 4) is 0 Å². The highest BCUT2D eigenvalue weighted by atomic mass is 16.6. The summed E-state index contributed by atoms with van der Waals surface area (Å²) >= 11 is 0. The van der Waals surface area contributed by atoms with Crippen molar-refractivity contribution in [3.63, 3.8) is 0 Å². The van der Waals surface area contributed by atoms with Gasteiger partial charge in [-0.25, -0.2) is 0 Å². The summed E-state index contributed by atoms with van der Waals surface area (Å²) in [5.41, 5.74) is 9.64. The Labute approximate surface area is 367 Å². The Hall–Kier alpha value is -1.47. The van der Waals surface area contributed by atoms with Crippen molar-refractivity contribution in [2.24, 2.45) is 16.6 Å². The Morgan fingerprint density at radius 2 is 0.569 bits per heavy atom. The van der Waals surface area contributed by atoms with Crippen molar-refractivity contribution < 1.29 is 19.5 Å². The number of unbranched alkanes of at least 4 members (excludes halogenated alkanes) is 35. The fraction of sp³-hybridized carbons (Fsp3) is 0.941. The van der Waals surface area contributed by atoms with Gasteiger partial charge >= 0.3 is 0 Å². The number of carbonyl (C=O) groups is 2. The first-order chi connectivity index (χ1) is 28.5. The lowest BCUT2D eigenvalue weighted by atomic mass is 10.0. The lowest BCUT2D eigenvalue weighted by Crippen LogP contribution is -1.95. The number of oxime groups is 1. The van der Waals surface area contributed by atoms with Crippen molar-refractivity contribution in [3.05, 3.63) is 0 Å². The molecule has 5 N–H and O–H groups in total. The number of carboxylic acid groups (broad SMARTS) is 1. The van der Waals surface area contributed by atoms with Gasteiger partial charge in [0.05, 0.1) is 0 Å². The lowest BCUT2D eigenvalue weighted by molar-refractivity contribution is -0.122. The van der Waals surface area contributed by atoms with Crippen LogP contribution in [0.15, 0.2) is 5.16 Å². The second kappa shape index (κ2) is 91.3. The molecule has 0 radical (unpaired) electrons. The van der Waals surface area contributed by atoms with Crippen molar-refractivity contribution in [1.29, 1.82) is 0 Å². The van der Waals surface area contributed by atoms with E-state index in [1.54, 1.807) is 0 Å². The van der Waals surface area contributed by atoms with E-state index in [1.807, 2.05) is 0 Å². The van der Waals surface area contributed by atoms with E-state index in [-0.39, 0.29) is 6.47 Å². The van der Waals surface area contributed by atoms with E-state index in [2.05, 4.69) is 64.0 Å². The summed E-state index contributed by atoms with van der Waals surface area (Å²) in [5, 5.41) is 9.88. The molecule has 0 aliphatic rings. The maximum atomic E-state index is 9.89. The minimum absolute atomic E-state index is 0.250. The van der Waals surface area contributed by atoms with Crippen molar-refractivity contribution in [1.82, 2.24) is 0 Å². The van der Waals surface area contributed by atoms with E-state index >= 15 is 0 Å². The molecule has 0 heterocycles. The average Bonchev–Trinajstić information content (AvgIpc) is 3.25. The molecule has 0 unspecified atom stereocenters. The Bertz CT molecular complexity index is 536. The van der Waals surface area contributed by atoms with Crippen LogP contribution in [0.3, 0.4) is 0 Å². The summed E-state index contributed by atoms with van der Waals surface area (Å²) in [5.74, 6) is 0. The monoisotopic (exact) mass is 832 g/mol. The molecule has 0 rings (SSSR count). The summed E-state index contributed by atoms with van der Waals surface area (Å²) in [6, 6.07) is 0. The van der Waals surface area contributed by atoms with E-state index < -0.39 is 0 Å². The fourth-order valence-corrected chi connectivity index (χ4v) is 6.10. The first-order valence-electron chi connectivity index (χ1n) is 25.3. The molecule has 58 heavy (non-hydrogen) atoms. The molecule has 356 valence electrons. The van der Waals surface area contributed by atoms with E-state index in [0.29, 0.717) is 0 Å². The van der Waals surface area contributed by atoms with Gasteiger partial charge < -0.3 is 26.2 Å². The highest BCUT2D eigenvalue weighted by Gasteiger charge is 1.95. The molecule has 0 fully saturated rings. The van der Waals surface area contributed by atoms with Gasteiger partial charge in [-0.1, -0.05) is 273 Å². The molecule has 0 aliphatic heterocycles. The number of aldehydes is 1. The topological polar surface area (TPSA) is 128 Å². The first kappa shape index (κ1) is 71.1. The Morgan fingerprint density at radius 3 is 0.672 bits per heavy atom. The third-order valence-corrected chi connectivity index (χ3v) is 9.78. The zero-order chi connectivity index (χ0) is 45.1. The van der Waals surface area contributed by atoms with Crippen LogP contribution in [0.5, 0.6) is 0 Å². The largest absolute Gasteiger partial charge is 0.483 e. The van der Waals surface area contributed by atoms with Gasteiger partial charge in [0, 0.05) is 13.1 Å². The molecule has 0 aromatic heterocycles. The van der Waals surface area contributed by atoms with Crippen LogP contribution in [-0.2, 0) is 14.4 Å². The zero-order valence-corrected chi connectivity index (χ0v) is 41.4. The quantitative estimate of drug-likeness (QED) is 0.0246. The SMILES string of the molecule is C=NOC.CCCCCCCCC=O.CCCCCCCCCCCCCCCCC.CCCCCCCCCCCCCCCCC.CCCCN.CN.O=CO. The van der Waals surface area contributed by atoms with Crippen LogP contribution in [0, 0.1) is 0 Å². The van der Waals surface area contributed by atoms with Crippen LogP contribution in [0.1, 0.15) is 292 Å². The van der Waals surface area contributed by atoms with Crippen LogP contribution in [0.2, 0.25) is 0 Å². The molecule has 7 heteroatoms. The van der Waals surface area contributed by atoms with Gasteiger partial charge in [-0.05, 0) is 26.4 Å². The zero-order valence-electron chi connectivity index (χ0n) is 41.4. The third kappa shape index (κ3) is 117. The van der Waals surface area contributed by atoms with Crippen LogP contribution in [0.4, 0.5) is 0 Å². The van der Waals surface area contributed by atoms with E-state index in [9.17, 15) is 4.79 Å². The fourth-order valence-electron chi connectivity index (χ4n) is 6.10. The number of nitrogens with zero attached hydrogens (tertiary/aromatic N) is 1. The molecular formula is C51H113N3O4. The Balaban J connectivity index is -0.000000118. The molecule has 0 saturated carbocycles. The number of nitrogens with two attached hydrogens (primary N) is 2. The third-order valence-electron chi connectivity index (χ3n) is 9.78. The normalized spacial score (nSPS) is 9.48. The highest BCUT2D eigenvalue weighted by Crippen LogP contribution is 2.14. The molecule has 0 amide bonds. The van der Waals surface area contributed by atoms with Crippen molar-refractivity contribution in [2.75, 3.05) is 20.7 Å². The number of rotatable bonds is 38. The van der Waals surface area contributed by atoms with E-state index in [4.69, 9.17) is 15.6 Å².